The van der Waals surface area contributed by atoms with Crippen LogP contribution in [0.3, 0.4) is 0 Å². The summed E-state index contributed by atoms with van der Waals surface area (Å²) in [6.07, 6.45) is 1.40. The zero-order valence-corrected chi connectivity index (χ0v) is 13.3. The van der Waals surface area contributed by atoms with Crippen LogP contribution in [0.25, 0.3) is 0 Å². The van der Waals surface area contributed by atoms with Gasteiger partial charge in [-0.05, 0) is 31.0 Å². The van der Waals surface area contributed by atoms with Gasteiger partial charge in [0.25, 0.3) is 0 Å². The van der Waals surface area contributed by atoms with Gasteiger partial charge in [-0.25, -0.2) is 0 Å². The Hall–Kier alpha value is -1.40. The summed E-state index contributed by atoms with van der Waals surface area (Å²) in [5, 5.41) is 0. The molecule has 2 fully saturated rings. The zero-order chi connectivity index (χ0) is 15.0. The lowest BCUT2D eigenvalue weighted by atomic mass is 10.1. The van der Waals surface area contributed by atoms with Gasteiger partial charge >= 0.3 is 0 Å². The number of amides is 2. The smallest absolute Gasteiger partial charge is 0.239 e. The van der Waals surface area contributed by atoms with Gasteiger partial charge in [0, 0.05) is 35.8 Å². The first-order valence-electron chi connectivity index (χ1n) is 7.17. The van der Waals surface area contributed by atoms with Gasteiger partial charge in [0.1, 0.15) is 5.92 Å². The molecule has 0 aromatic heterocycles. The second-order valence-electron chi connectivity index (χ2n) is 5.64. The van der Waals surface area contributed by atoms with E-state index in [9.17, 15) is 9.59 Å². The Morgan fingerprint density at radius 3 is 2.76 bits per heavy atom. The normalized spacial score (nSPS) is 25.7. The lowest BCUT2D eigenvalue weighted by molar-refractivity contribution is -0.139. The third kappa shape index (κ3) is 2.82. The van der Waals surface area contributed by atoms with Crippen molar-refractivity contribution < 1.29 is 9.59 Å². The summed E-state index contributed by atoms with van der Waals surface area (Å²) in [5.41, 5.74) is 6.67. The Labute approximate surface area is 132 Å². The van der Waals surface area contributed by atoms with E-state index in [0.717, 1.165) is 16.6 Å². The van der Waals surface area contributed by atoms with E-state index in [2.05, 4.69) is 15.9 Å². The van der Waals surface area contributed by atoms with Crippen molar-refractivity contribution in [3.63, 3.8) is 0 Å². The number of hydrogen-bond donors (Lipinski definition) is 1. The summed E-state index contributed by atoms with van der Waals surface area (Å²) in [5.74, 6) is -0.710. The van der Waals surface area contributed by atoms with Gasteiger partial charge in [-0.3, -0.25) is 9.59 Å². The first-order chi connectivity index (χ1) is 10.1. The summed E-state index contributed by atoms with van der Waals surface area (Å²) >= 11 is 3.41. The minimum atomic E-state index is -0.547. The topological polar surface area (TPSA) is 66.6 Å². The molecule has 2 N–H and O–H groups in total. The third-order valence-electron chi connectivity index (χ3n) is 4.16. The maximum absolute atomic E-state index is 12.5. The monoisotopic (exact) mass is 351 g/mol. The van der Waals surface area contributed by atoms with E-state index in [1.54, 1.807) is 9.80 Å². The van der Waals surface area contributed by atoms with Crippen molar-refractivity contribution in [1.29, 1.82) is 0 Å². The van der Waals surface area contributed by atoms with Crippen molar-refractivity contribution in [2.24, 2.45) is 11.7 Å². The second kappa shape index (κ2) is 5.77. The highest BCUT2D eigenvalue weighted by Crippen LogP contribution is 2.29. The van der Waals surface area contributed by atoms with Crippen molar-refractivity contribution in [2.45, 2.75) is 18.9 Å². The van der Waals surface area contributed by atoms with Gasteiger partial charge < -0.3 is 15.5 Å². The van der Waals surface area contributed by atoms with Gasteiger partial charge in [-0.2, -0.15) is 0 Å². The molecule has 2 amide bonds. The van der Waals surface area contributed by atoms with E-state index in [0.29, 0.717) is 26.1 Å². The SMILES string of the molecule is NC1CCN(C(=O)C2CCN(c3cccc(Br)c3)C2=O)C1. The van der Waals surface area contributed by atoms with Crippen LogP contribution in [-0.2, 0) is 9.59 Å². The quantitative estimate of drug-likeness (QED) is 0.818. The third-order valence-corrected chi connectivity index (χ3v) is 4.65. The molecule has 0 bridgehead atoms. The highest BCUT2D eigenvalue weighted by atomic mass is 79.9. The Morgan fingerprint density at radius 1 is 1.29 bits per heavy atom. The number of nitrogens with zero attached hydrogens (tertiary/aromatic N) is 2. The molecular formula is C15H18BrN3O2. The zero-order valence-electron chi connectivity index (χ0n) is 11.7. The molecule has 2 atom stereocenters. The Bertz CT molecular complexity index is 578. The summed E-state index contributed by atoms with van der Waals surface area (Å²) < 4.78 is 0.924. The van der Waals surface area contributed by atoms with Crippen LogP contribution in [0.5, 0.6) is 0 Å². The predicted molar refractivity (Wildman–Crippen MR) is 83.8 cm³/mol. The number of benzene rings is 1. The summed E-state index contributed by atoms with van der Waals surface area (Å²) in [7, 11) is 0. The molecule has 21 heavy (non-hydrogen) atoms. The van der Waals surface area contributed by atoms with Crippen molar-refractivity contribution in [2.75, 3.05) is 24.5 Å². The van der Waals surface area contributed by atoms with Crippen LogP contribution in [0.4, 0.5) is 5.69 Å². The number of likely N-dealkylation sites (tertiary alicyclic amines) is 1. The molecule has 112 valence electrons. The molecule has 0 spiro atoms. The molecule has 0 saturated carbocycles. The number of hydrogen-bond acceptors (Lipinski definition) is 3. The van der Waals surface area contributed by atoms with Gasteiger partial charge in [0.05, 0.1) is 0 Å². The lowest BCUT2D eigenvalue weighted by Gasteiger charge is -2.20. The summed E-state index contributed by atoms with van der Waals surface area (Å²) in [6.45, 7) is 1.83. The minimum absolute atomic E-state index is 0.0478. The number of nitrogens with two attached hydrogens (primary N) is 1. The molecule has 0 radical (unpaired) electrons. The van der Waals surface area contributed by atoms with Crippen molar-refractivity contribution in [1.82, 2.24) is 4.90 Å². The molecule has 6 heteroatoms. The highest BCUT2D eigenvalue weighted by Gasteiger charge is 2.40. The van der Waals surface area contributed by atoms with E-state index in [-0.39, 0.29) is 17.9 Å². The summed E-state index contributed by atoms with van der Waals surface area (Å²) in [6, 6.07) is 7.64. The fraction of sp³-hybridized carbons (Fsp3) is 0.467. The van der Waals surface area contributed by atoms with E-state index >= 15 is 0 Å². The molecule has 2 heterocycles. The Balaban J connectivity index is 1.73. The van der Waals surface area contributed by atoms with Crippen LogP contribution >= 0.6 is 15.9 Å². The van der Waals surface area contributed by atoms with Crippen LogP contribution in [0.1, 0.15) is 12.8 Å². The van der Waals surface area contributed by atoms with Crippen LogP contribution in [0.2, 0.25) is 0 Å². The fourth-order valence-corrected chi connectivity index (χ4v) is 3.40. The molecular weight excluding hydrogens is 334 g/mol. The van der Waals surface area contributed by atoms with Crippen LogP contribution in [0, 0.1) is 5.92 Å². The largest absolute Gasteiger partial charge is 0.340 e. The lowest BCUT2D eigenvalue weighted by Crippen LogP contribution is -2.40. The second-order valence-corrected chi connectivity index (χ2v) is 6.56. The molecule has 2 aliphatic heterocycles. The Morgan fingerprint density at radius 2 is 2.10 bits per heavy atom. The number of rotatable bonds is 2. The van der Waals surface area contributed by atoms with Gasteiger partial charge in [0.15, 0.2) is 0 Å². The van der Waals surface area contributed by atoms with E-state index in [4.69, 9.17) is 5.73 Å². The average Bonchev–Trinajstić information content (AvgIpc) is 3.04. The number of anilines is 1. The number of carbonyl (C=O) groups excluding carboxylic acids is 2. The van der Waals surface area contributed by atoms with Crippen LogP contribution in [0.15, 0.2) is 28.7 Å². The highest BCUT2D eigenvalue weighted by molar-refractivity contribution is 9.10. The van der Waals surface area contributed by atoms with Crippen LogP contribution in [-0.4, -0.2) is 42.4 Å². The van der Waals surface area contributed by atoms with Gasteiger partial charge in [-0.15, -0.1) is 0 Å². The molecule has 3 rings (SSSR count). The number of carbonyl (C=O) groups is 2. The average molecular weight is 352 g/mol. The first-order valence-corrected chi connectivity index (χ1v) is 7.97. The van der Waals surface area contributed by atoms with Crippen molar-refractivity contribution in [3.8, 4) is 0 Å². The molecule has 5 nitrogen and oxygen atoms in total. The molecule has 1 aromatic rings. The maximum Gasteiger partial charge on any atom is 0.239 e. The van der Waals surface area contributed by atoms with Crippen molar-refractivity contribution >= 4 is 33.4 Å². The molecule has 2 unspecified atom stereocenters. The van der Waals surface area contributed by atoms with E-state index in [1.807, 2.05) is 24.3 Å². The van der Waals surface area contributed by atoms with E-state index in [1.165, 1.54) is 0 Å². The summed E-state index contributed by atoms with van der Waals surface area (Å²) in [4.78, 5) is 28.4. The van der Waals surface area contributed by atoms with Crippen molar-refractivity contribution in [3.05, 3.63) is 28.7 Å². The van der Waals surface area contributed by atoms with E-state index < -0.39 is 5.92 Å². The number of halogens is 1. The Kier molecular flexibility index (Phi) is 3.99. The molecule has 0 aliphatic carbocycles. The predicted octanol–water partition coefficient (Wildman–Crippen LogP) is 1.36. The minimum Gasteiger partial charge on any atom is -0.340 e. The standard InChI is InChI=1S/C15H18BrN3O2/c16-10-2-1-3-12(8-10)19-7-5-13(15(19)21)14(20)18-6-4-11(17)9-18/h1-3,8,11,13H,4-7,9,17H2. The fourth-order valence-electron chi connectivity index (χ4n) is 3.02. The molecule has 1 aromatic carbocycles. The van der Waals surface area contributed by atoms with Gasteiger partial charge in [0.2, 0.25) is 11.8 Å². The van der Waals surface area contributed by atoms with Gasteiger partial charge in [-0.1, -0.05) is 22.0 Å². The first kappa shape index (κ1) is 14.5. The maximum atomic E-state index is 12.5. The van der Waals surface area contributed by atoms with Crippen LogP contribution < -0.4 is 10.6 Å². The molecule has 2 aliphatic rings. The molecule has 2 saturated heterocycles.